The summed E-state index contributed by atoms with van der Waals surface area (Å²) in [7, 11) is 0. The van der Waals surface area contributed by atoms with Crippen molar-refractivity contribution in [3.05, 3.63) is 0 Å². The molecule has 0 heterocycles. The van der Waals surface area contributed by atoms with Crippen molar-refractivity contribution >= 4 is 17.7 Å². The third kappa shape index (κ3) is 7.96. The van der Waals surface area contributed by atoms with Crippen LogP contribution in [0.2, 0.25) is 0 Å². The summed E-state index contributed by atoms with van der Waals surface area (Å²) in [6, 6.07) is 0. The van der Waals surface area contributed by atoms with Gasteiger partial charge in [-0.3, -0.25) is 10.2 Å². The molecule has 0 aromatic rings. The first-order valence-corrected chi connectivity index (χ1v) is 7.02. The minimum atomic E-state index is -0.0730. The highest BCUT2D eigenvalue weighted by molar-refractivity contribution is 7.99. The molecular weight excluding hydrogens is 222 g/mol. The van der Waals surface area contributed by atoms with Gasteiger partial charge in [0.2, 0.25) is 5.91 Å². The molecule has 0 spiro atoms. The summed E-state index contributed by atoms with van der Waals surface area (Å²) in [4.78, 5) is 13.3. The van der Waals surface area contributed by atoms with E-state index in [1.807, 2.05) is 11.8 Å². The SMILES string of the molecule is CCN(CC)CCSC(C)CCC(=O)NN. The number of carbonyl (C=O) groups is 1. The van der Waals surface area contributed by atoms with Crippen molar-refractivity contribution in [2.75, 3.05) is 25.4 Å². The normalized spacial score (nSPS) is 12.8. The number of nitrogens with two attached hydrogens (primary N) is 1. The quantitative estimate of drug-likeness (QED) is 0.365. The van der Waals surface area contributed by atoms with Gasteiger partial charge in [-0.15, -0.1) is 0 Å². The lowest BCUT2D eigenvalue weighted by atomic mass is 10.2. The maximum absolute atomic E-state index is 10.9. The minimum absolute atomic E-state index is 0.0730. The zero-order valence-electron chi connectivity index (χ0n) is 10.7. The summed E-state index contributed by atoms with van der Waals surface area (Å²) in [5, 5.41) is 0.521. The Morgan fingerprint density at radius 1 is 1.44 bits per heavy atom. The van der Waals surface area contributed by atoms with Crippen LogP contribution in [-0.4, -0.2) is 41.4 Å². The van der Waals surface area contributed by atoms with Gasteiger partial charge in [0.05, 0.1) is 0 Å². The van der Waals surface area contributed by atoms with Crippen molar-refractivity contribution < 1.29 is 4.79 Å². The van der Waals surface area contributed by atoms with Gasteiger partial charge < -0.3 is 4.90 Å². The fraction of sp³-hybridized carbons (Fsp3) is 0.909. The first-order valence-electron chi connectivity index (χ1n) is 5.97. The van der Waals surface area contributed by atoms with Crippen molar-refractivity contribution in [2.24, 2.45) is 5.84 Å². The fourth-order valence-corrected chi connectivity index (χ4v) is 2.46. The van der Waals surface area contributed by atoms with Gasteiger partial charge in [0.25, 0.3) is 0 Å². The van der Waals surface area contributed by atoms with Crippen LogP contribution in [0, 0.1) is 0 Å². The van der Waals surface area contributed by atoms with Crippen LogP contribution < -0.4 is 11.3 Å². The highest BCUT2D eigenvalue weighted by Gasteiger charge is 2.07. The third-order valence-electron chi connectivity index (χ3n) is 2.64. The number of hydrazine groups is 1. The maximum atomic E-state index is 10.9. The molecule has 0 aliphatic rings. The molecule has 0 aliphatic carbocycles. The molecule has 5 heteroatoms. The summed E-state index contributed by atoms with van der Waals surface area (Å²) in [5.41, 5.74) is 2.16. The predicted octanol–water partition coefficient (Wildman–Crippen LogP) is 1.22. The Morgan fingerprint density at radius 2 is 2.06 bits per heavy atom. The minimum Gasteiger partial charge on any atom is -0.303 e. The summed E-state index contributed by atoms with van der Waals surface area (Å²) >= 11 is 1.93. The topological polar surface area (TPSA) is 58.4 Å². The van der Waals surface area contributed by atoms with E-state index in [0.717, 1.165) is 31.8 Å². The Labute approximate surface area is 103 Å². The van der Waals surface area contributed by atoms with Crippen LogP contribution in [0.4, 0.5) is 0 Å². The van der Waals surface area contributed by atoms with Crippen molar-refractivity contribution in [3.8, 4) is 0 Å². The van der Waals surface area contributed by atoms with Crippen LogP contribution in [0.5, 0.6) is 0 Å². The zero-order valence-corrected chi connectivity index (χ0v) is 11.5. The molecule has 0 saturated heterocycles. The van der Waals surface area contributed by atoms with E-state index in [4.69, 9.17) is 5.84 Å². The van der Waals surface area contributed by atoms with Crippen molar-refractivity contribution in [1.82, 2.24) is 10.3 Å². The Bertz CT molecular complexity index is 186. The molecule has 0 aliphatic heterocycles. The van der Waals surface area contributed by atoms with E-state index >= 15 is 0 Å². The lowest BCUT2D eigenvalue weighted by molar-refractivity contribution is -0.121. The molecule has 1 unspecified atom stereocenters. The van der Waals surface area contributed by atoms with Gasteiger partial charge in [0.15, 0.2) is 0 Å². The van der Waals surface area contributed by atoms with Gasteiger partial charge >= 0.3 is 0 Å². The van der Waals surface area contributed by atoms with Gasteiger partial charge in [-0.25, -0.2) is 5.84 Å². The van der Waals surface area contributed by atoms with Gasteiger partial charge in [-0.05, 0) is 19.5 Å². The summed E-state index contributed by atoms with van der Waals surface area (Å²) in [6.07, 6.45) is 1.42. The number of carbonyl (C=O) groups excluding carboxylic acids is 1. The number of thioether (sulfide) groups is 1. The predicted molar refractivity (Wildman–Crippen MR) is 71.3 cm³/mol. The molecule has 0 saturated carbocycles. The number of amides is 1. The Kier molecular flexibility index (Phi) is 9.77. The molecular formula is C11H25N3OS. The lowest BCUT2D eigenvalue weighted by Gasteiger charge is -2.18. The molecule has 1 amide bonds. The smallest absolute Gasteiger partial charge is 0.233 e. The summed E-state index contributed by atoms with van der Waals surface area (Å²) in [6.45, 7) is 9.89. The highest BCUT2D eigenvalue weighted by Crippen LogP contribution is 2.15. The highest BCUT2D eigenvalue weighted by atomic mass is 32.2. The summed E-state index contributed by atoms with van der Waals surface area (Å²) < 4.78 is 0. The molecule has 0 fully saturated rings. The standard InChI is InChI=1S/C11H25N3OS/c1-4-14(5-2)8-9-16-10(3)6-7-11(15)13-12/h10H,4-9,12H2,1-3H3,(H,13,15). The number of hydrogen-bond donors (Lipinski definition) is 2. The van der Waals surface area contributed by atoms with Crippen LogP contribution in [0.15, 0.2) is 0 Å². The lowest BCUT2D eigenvalue weighted by Crippen LogP contribution is -2.30. The van der Waals surface area contributed by atoms with E-state index in [0.29, 0.717) is 11.7 Å². The van der Waals surface area contributed by atoms with E-state index in [2.05, 4.69) is 31.1 Å². The van der Waals surface area contributed by atoms with Gasteiger partial charge in [0, 0.05) is 24.0 Å². The maximum Gasteiger partial charge on any atom is 0.233 e. The van der Waals surface area contributed by atoms with E-state index in [-0.39, 0.29) is 5.91 Å². The molecule has 0 aromatic carbocycles. The number of hydrogen-bond acceptors (Lipinski definition) is 4. The molecule has 0 radical (unpaired) electrons. The van der Waals surface area contributed by atoms with E-state index in [9.17, 15) is 4.79 Å². The second-order valence-electron chi connectivity index (χ2n) is 3.81. The molecule has 1 atom stereocenters. The first-order chi connectivity index (χ1) is 7.63. The van der Waals surface area contributed by atoms with E-state index < -0.39 is 0 Å². The van der Waals surface area contributed by atoms with Crippen molar-refractivity contribution in [3.63, 3.8) is 0 Å². The number of nitrogens with zero attached hydrogens (tertiary/aromatic N) is 1. The molecule has 3 N–H and O–H groups in total. The van der Waals surface area contributed by atoms with Gasteiger partial charge in [-0.2, -0.15) is 11.8 Å². The molecule has 0 aromatic heterocycles. The Morgan fingerprint density at radius 3 is 2.56 bits per heavy atom. The number of rotatable bonds is 9. The summed E-state index contributed by atoms with van der Waals surface area (Å²) in [5.74, 6) is 6.08. The zero-order chi connectivity index (χ0) is 12.4. The van der Waals surface area contributed by atoms with Crippen LogP contribution in [-0.2, 0) is 4.79 Å². The van der Waals surface area contributed by atoms with E-state index in [1.165, 1.54) is 0 Å². The van der Waals surface area contributed by atoms with Gasteiger partial charge in [-0.1, -0.05) is 20.8 Å². The second-order valence-corrected chi connectivity index (χ2v) is 5.36. The average molecular weight is 247 g/mol. The molecule has 96 valence electrons. The van der Waals surface area contributed by atoms with Crippen molar-refractivity contribution in [1.29, 1.82) is 0 Å². The Balaban J connectivity index is 3.49. The van der Waals surface area contributed by atoms with E-state index in [1.54, 1.807) is 0 Å². The van der Waals surface area contributed by atoms with Crippen molar-refractivity contribution in [2.45, 2.75) is 38.9 Å². The van der Waals surface area contributed by atoms with Crippen LogP contribution in [0.3, 0.4) is 0 Å². The largest absolute Gasteiger partial charge is 0.303 e. The first kappa shape index (κ1) is 15.7. The molecule has 0 rings (SSSR count). The molecule has 0 bridgehead atoms. The molecule has 4 nitrogen and oxygen atoms in total. The van der Waals surface area contributed by atoms with Gasteiger partial charge in [0.1, 0.15) is 0 Å². The molecule has 16 heavy (non-hydrogen) atoms. The fourth-order valence-electron chi connectivity index (χ4n) is 1.41. The van der Waals surface area contributed by atoms with Crippen LogP contribution >= 0.6 is 11.8 Å². The number of nitrogens with one attached hydrogen (secondary N) is 1. The van der Waals surface area contributed by atoms with Crippen LogP contribution in [0.1, 0.15) is 33.6 Å². The van der Waals surface area contributed by atoms with Crippen LogP contribution in [0.25, 0.3) is 0 Å². The Hall–Kier alpha value is -0.260. The third-order valence-corrected chi connectivity index (χ3v) is 3.87. The second kappa shape index (κ2) is 9.93. The monoisotopic (exact) mass is 247 g/mol. The average Bonchev–Trinajstić information content (AvgIpc) is 2.31.